The molecule has 5 nitrogen and oxygen atoms in total. The molecule has 3 rings (SSSR count). The summed E-state index contributed by atoms with van der Waals surface area (Å²) in [5.41, 5.74) is 3.42. The molecule has 1 unspecified atom stereocenters. The first-order valence-electron chi connectivity index (χ1n) is 9.46. The zero-order valence-electron chi connectivity index (χ0n) is 15.8. The fourth-order valence-corrected chi connectivity index (χ4v) is 3.41. The largest absolute Gasteiger partial charge is 0.497 e. The fourth-order valence-electron chi connectivity index (χ4n) is 3.41. The minimum atomic E-state index is -0.756. The second-order valence-electron chi connectivity index (χ2n) is 6.87. The third-order valence-electron chi connectivity index (χ3n) is 4.99. The van der Waals surface area contributed by atoms with Gasteiger partial charge in [0.05, 0.1) is 20.1 Å². The van der Waals surface area contributed by atoms with Crippen LogP contribution in [0.25, 0.3) is 11.1 Å². The summed E-state index contributed by atoms with van der Waals surface area (Å²) in [5, 5.41) is 8.91. The molecule has 0 aromatic heterocycles. The second kappa shape index (κ2) is 9.53. The SMILES string of the molecule is COc1ccc(-c2ccc(COC3CCCCN3CCC(=O)O)cc2)cc1. The van der Waals surface area contributed by atoms with Crippen LogP contribution >= 0.6 is 0 Å². The van der Waals surface area contributed by atoms with Crippen molar-refractivity contribution in [3.8, 4) is 16.9 Å². The van der Waals surface area contributed by atoms with E-state index in [1.165, 1.54) is 0 Å². The molecule has 5 heteroatoms. The van der Waals surface area contributed by atoms with Gasteiger partial charge < -0.3 is 14.6 Å². The third-order valence-corrected chi connectivity index (χ3v) is 4.99. The maximum absolute atomic E-state index is 10.8. The van der Waals surface area contributed by atoms with Gasteiger partial charge in [0.1, 0.15) is 12.0 Å². The van der Waals surface area contributed by atoms with Crippen molar-refractivity contribution in [3.05, 3.63) is 54.1 Å². The predicted octanol–water partition coefficient (Wildman–Crippen LogP) is 4.17. The number of likely N-dealkylation sites (tertiary alicyclic amines) is 1. The van der Waals surface area contributed by atoms with Crippen LogP contribution in [0.2, 0.25) is 0 Å². The highest BCUT2D eigenvalue weighted by atomic mass is 16.5. The van der Waals surface area contributed by atoms with E-state index in [1.807, 2.05) is 24.3 Å². The van der Waals surface area contributed by atoms with Gasteiger partial charge in [0.2, 0.25) is 0 Å². The van der Waals surface area contributed by atoms with Gasteiger partial charge >= 0.3 is 5.97 Å². The maximum atomic E-state index is 10.8. The number of carboxylic acid groups (broad SMARTS) is 1. The minimum Gasteiger partial charge on any atom is -0.497 e. The monoisotopic (exact) mass is 369 g/mol. The fraction of sp³-hybridized carbons (Fsp3) is 0.409. The number of ether oxygens (including phenoxy) is 2. The molecule has 0 radical (unpaired) electrons. The number of benzene rings is 2. The van der Waals surface area contributed by atoms with E-state index in [0.717, 1.165) is 48.2 Å². The van der Waals surface area contributed by atoms with Crippen LogP contribution in [0.15, 0.2) is 48.5 Å². The van der Waals surface area contributed by atoms with E-state index in [-0.39, 0.29) is 12.6 Å². The van der Waals surface area contributed by atoms with E-state index in [0.29, 0.717) is 13.2 Å². The quantitative estimate of drug-likeness (QED) is 0.757. The molecule has 2 aromatic rings. The standard InChI is InChI=1S/C22H27NO4/c1-26-20-11-9-19(10-12-20)18-7-5-17(6-8-18)16-27-21-4-2-3-14-23(21)15-13-22(24)25/h5-12,21H,2-4,13-16H2,1H3,(H,24,25). The molecule has 1 fully saturated rings. The van der Waals surface area contributed by atoms with Crippen molar-refractivity contribution >= 4 is 5.97 Å². The van der Waals surface area contributed by atoms with Crippen LogP contribution in [0.3, 0.4) is 0 Å². The number of carboxylic acids is 1. The molecular formula is C22H27NO4. The predicted molar refractivity (Wildman–Crippen MR) is 105 cm³/mol. The summed E-state index contributed by atoms with van der Waals surface area (Å²) in [6.07, 6.45) is 3.38. The molecule has 1 aliphatic rings. The van der Waals surface area contributed by atoms with E-state index in [2.05, 4.69) is 29.2 Å². The molecule has 1 heterocycles. The van der Waals surface area contributed by atoms with Crippen molar-refractivity contribution in [1.82, 2.24) is 4.90 Å². The van der Waals surface area contributed by atoms with Crippen LogP contribution in [0.5, 0.6) is 5.75 Å². The van der Waals surface area contributed by atoms with Crippen molar-refractivity contribution in [1.29, 1.82) is 0 Å². The van der Waals surface area contributed by atoms with Gasteiger partial charge in [-0.05, 0) is 48.1 Å². The molecule has 144 valence electrons. The highest BCUT2D eigenvalue weighted by Crippen LogP contribution is 2.24. The molecule has 0 amide bonds. The first-order valence-corrected chi connectivity index (χ1v) is 9.46. The lowest BCUT2D eigenvalue weighted by Crippen LogP contribution is -2.42. The summed E-state index contributed by atoms with van der Waals surface area (Å²) >= 11 is 0. The Kier molecular flexibility index (Phi) is 6.85. The summed E-state index contributed by atoms with van der Waals surface area (Å²) < 4.78 is 11.3. The van der Waals surface area contributed by atoms with Crippen molar-refractivity contribution in [2.75, 3.05) is 20.2 Å². The highest BCUT2D eigenvalue weighted by molar-refractivity contribution is 5.66. The van der Waals surface area contributed by atoms with Crippen LogP contribution in [0, 0.1) is 0 Å². The van der Waals surface area contributed by atoms with Crippen LogP contribution in [-0.4, -0.2) is 42.4 Å². The topological polar surface area (TPSA) is 59.0 Å². The van der Waals surface area contributed by atoms with Crippen molar-refractivity contribution in [2.45, 2.75) is 38.5 Å². The molecule has 0 saturated carbocycles. The number of nitrogens with zero attached hydrogens (tertiary/aromatic N) is 1. The van der Waals surface area contributed by atoms with Crippen molar-refractivity contribution in [2.24, 2.45) is 0 Å². The molecule has 1 N–H and O–H groups in total. The van der Waals surface area contributed by atoms with Gasteiger partial charge in [-0.3, -0.25) is 9.69 Å². The first-order chi connectivity index (χ1) is 13.2. The zero-order valence-corrected chi connectivity index (χ0v) is 15.8. The van der Waals surface area contributed by atoms with Crippen molar-refractivity contribution < 1.29 is 19.4 Å². The van der Waals surface area contributed by atoms with Crippen LogP contribution < -0.4 is 4.74 Å². The third kappa shape index (κ3) is 5.55. The number of carbonyl (C=O) groups is 1. The van der Waals surface area contributed by atoms with Gasteiger partial charge in [0.25, 0.3) is 0 Å². The highest BCUT2D eigenvalue weighted by Gasteiger charge is 2.23. The van der Waals surface area contributed by atoms with Crippen molar-refractivity contribution in [3.63, 3.8) is 0 Å². The summed E-state index contributed by atoms with van der Waals surface area (Å²) in [5.74, 6) is 0.0946. The molecule has 0 spiro atoms. The lowest BCUT2D eigenvalue weighted by molar-refractivity contribution is -0.139. The van der Waals surface area contributed by atoms with Gasteiger partial charge in [-0.2, -0.15) is 0 Å². The summed E-state index contributed by atoms with van der Waals surface area (Å²) in [7, 11) is 1.67. The average Bonchev–Trinajstić information content (AvgIpc) is 2.72. The first kappa shape index (κ1) is 19.4. The van der Waals surface area contributed by atoms with Gasteiger partial charge in [0.15, 0.2) is 0 Å². The molecule has 0 bridgehead atoms. The maximum Gasteiger partial charge on any atom is 0.304 e. The molecule has 1 aliphatic heterocycles. The normalized spacial score (nSPS) is 17.6. The molecule has 2 aromatic carbocycles. The van der Waals surface area contributed by atoms with E-state index < -0.39 is 5.97 Å². The molecular weight excluding hydrogens is 342 g/mol. The molecule has 1 atom stereocenters. The Balaban J connectivity index is 1.56. The Morgan fingerprint density at radius 1 is 1.07 bits per heavy atom. The summed E-state index contributed by atoms with van der Waals surface area (Å²) in [6, 6.07) is 16.4. The number of hydrogen-bond acceptors (Lipinski definition) is 4. The Hall–Kier alpha value is -2.37. The van der Waals surface area contributed by atoms with Gasteiger partial charge in [-0.15, -0.1) is 0 Å². The lowest BCUT2D eigenvalue weighted by atomic mass is 10.0. The second-order valence-corrected chi connectivity index (χ2v) is 6.87. The Bertz CT molecular complexity index is 727. The summed E-state index contributed by atoms with van der Waals surface area (Å²) in [6.45, 7) is 2.00. The van der Waals surface area contributed by atoms with Crippen LogP contribution in [0.4, 0.5) is 0 Å². The number of aliphatic carboxylic acids is 1. The van der Waals surface area contributed by atoms with Crippen LogP contribution in [-0.2, 0) is 16.1 Å². The van der Waals surface area contributed by atoms with Gasteiger partial charge in [-0.25, -0.2) is 0 Å². The molecule has 27 heavy (non-hydrogen) atoms. The average molecular weight is 369 g/mol. The number of methoxy groups -OCH3 is 1. The van der Waals surface area contributed by atoms with Gasteiger partial charge in [-0.1, -0.05) is 36.4 Å². The smallest absolute Gasteiger partial charge is 0.304 e. The van der Waals surface area contributed by atoms with E-state index in [9.17, 15) is 4.79 Å². The Morgan fingerprint density at radius 2 is 1.74 bits per heavy atom. The molecule has 1 saturated heterocycles. The Morgan fingerprint density at radius 3 is 2.37 bits per heavy atom. The summed E-state index contributed by atoms with van der Waals surface area (Å²) in [4.78, 5) is 13.0. The number of piperidine rings is 1. The lowest BCUT2D eigenvalue weighted by Gasteiger charge is -2.35. The Labute approximate surface area is 160 Å². The van der Waals surface area contributed by atoms with E-state index >= 15 is 0 Å². The zero-order chi connectivity index (χ0) is 19.1. The number of rotatable bonds is 8. The van der Waals surface area contributed by atoms with E-state index in [4.69, 9.17) is 14.6 Å². The minimum absolute atomic E-state index is 0.0133. The molecule has 0 aliphatic carbocycles. The van der Waals surface area contributed by atoms with Gasteiger partial charge in [0, 0.05) is 13.1 Å². The van der Waals surface area contributed by atoms with E-state index in [1.54, 1.807) is 7.11 Å². The van der Waals surface area contributed by atoms with Crippen LogP contribution in [0.1, 0.15) is 31.2 Å². The number of hydrogen-bond donors (Lipinski definition) is 1.